The lowest BCUT2D eigenvalue weighted by atomic mass is 9.85. The third kappa shape index (κ3) is 4.24. The highest BCUT2D eigenvalue weighted by Gasteiger charge is 2.33. The van der Waals surface area contributed by atoms with Gasteiger partial charge in [0.2, 0.25) is 0 Å². The van der Waals surface area contributed by atoms with Crippen LogP contribution >= 0.6 is 0 Å². The molecule has 0 unspecified atom stereocenters. The van der Waals surface area contributed by atoms with E-state index < -0.39 is 5.97 Å². The maximum atomic E-state index is 10.9. The lowest BCUT2D eigenvalue weighted by Crippen LogP contribution is -2.53. The first-order chi connectivity index (χ1) is 12.1. The second-order valence-electron chi connectivity index (χ2n) is 6.60. The van der Waals surface area contributed by atoms with Crippen LogP contribution in [0.15, 0.2) is 30.5 Å². The summed E-state index contributed by atoms with van der Waals surface area (Å²) in [6.07, 6.45) is 3.91. The van der Waals surface area contributed by atoms with Gasteiger partial charge in [-0.1, -0.05) is 30.3 Å². The molecule has 0 amide bonds. The summed E-state index contributed by atoms with van der Waals surface area (Å²) < 4.78 is 1.81. The second kappa shape index (κ2) is 7.76. The number of carbonyl (C=O) groups is 1. The Morgan fingerprint density at radius 1 is 1.40 bits per heavy atom. The van der Waals surface area contributed by atoms with E-state index in [0.29, 0.717) is 18.6 Å². The first-order valence-corrected chi connectivity index (χ1v) is 8.73. The normalized spacial score (nSPS) is 19.8. The molecule has 1 aliphatic carbocycles. The minimum absolute atomic E-state index is 0.124. The predicted molar refractivity (Wildman–Crippen MR) is 94.6 cm³/mol. The van der Waals surface area contributed by atoms with Crippen LogP contribution in [0.5, 0.6) is 0 Å². The Balaban J connectivity index is 1.48. The van der Waals surface area contributed by atoms with Crippen molar-refractivity contribution in [3.05, 3.63) is 41.7 Å². The van der Waals surface area contributed by atoms with Gasteiger partial charge < -0.3 is 10.4 Å². The lowest BCUT2D eigenvalue weighted by Gasteiger charge is -2.42. The summed E-state index contributed by atoms with van der Waals surface area (Å²) in [5.41, 5.74) is 3.11. The van der Waals surface area contributed by atoms with Crippen molar-refractivity contribution < 1.29 is 9.90 Å². The van der Waals surface area contributed by atoms with Crippen molar-refractivity contribution in [1.29, 1.82) is 0 Å². The number of rotatable bonds is 8. The number of carboxylic acid groups (broad SMARTS) is 1. The van der Waals surface area contributed by atoms with E-state index in [9.17, 15) is 4.79 Å². The van der Waals surface area contributed by atoms with Gasteiger partial charge in [-0.3, -0.25) is 9.69 Å². The molecule has 1 fully saturated rings. The average molecular weight is 343 g/mol. The zero-order valence-electron chi connectivity index (χ0n) is 14.7. The van der Waals surface area contributed by atoms with Gasteiger partial charge in [-0.05, 0) is 37.9 Å². The van der Waals surface area contributed by atoms with Gasteiger partial charge in [0.25, 0.3) is 0 Å². The smallest absolute Gasteiger partial charge is 0.317 e. The molecule has 0 spiro atoms. The topological polar surface area (TPSA) is 83.3 Å². The van der Waals surface area contributed by atoms with Gasteiger partial charge in [0.05, 0.1) is 24.1 Å². The third-order valence-electron chi connectivity index (χ3n) is 4.85. The third-order valence-corrected chi connectivity index (χ3v) is 4.85. The van der Waals surface area contributed by atoms with Gasteiger partial charge in [-0.25, -0.2) is 4.68 Å². The van der Waals surface area contributed by atoms with Crippen molar-refractivity contribution in [3.63, 3.8) is 0 Å². The van der Waals surface area contributed by atoms with E-state index in [2.05, 4.69) is 28.6 Å². The highest BCUT2D eigenvalue weighted by Crippen LogP contribution is 2.25. The summed E-state index contributed by atoms with van der Waals surface area (Å²) in [6.45, 7) is 5.63. The number of nitrogens with zero attached hydrogens (tertiary/aromatic N) is 4. The van der Waals surface area contributed by atoms with Gasteiger partial charge in [0.1, 0.15) is 0 Å². The number of carboxylic acids is 1. The first-order valence-electron chi connectivity index (χ1n) is 8.73. The van der Waals surface area contributed by atoms with Crippen LogP contribution in [0.3, 0.4) is 0 Å². The van der Waals surface area contributed by atoms with Crippen LogP contribution < -0.4 is 5.32 Å². The van der Waals surface area contributed by atoms with E-state index in [4.69, 9.17) is 5.11 Å². The van der Waals surface area contributed by atoms with Crippen molar-refractivity contribution in [2.45, 2.75) is 45.3 Å². The molecule has 7 heteroatoms. The molecule has 0 atom stereocenters. The first kappa shape index (κ1) is 17.6. The summed E-state index contributed by atoms with van der Waals surface area (Å²) in [5.74, 6) is -0.758. The maximum Gasteiger partial charge on any atom is 0.317 e. The fourth-order valence-electron chi connectivity index (χ4n) is 3.29. The molecule has 0 aliphatic heterocycles. The van der Waals surface area contributed by atoms with Gasteiger partial charge in [-0.2, -0.15) is 0 Å². The number of likely N-dealkylation sites (N-methyl/N-ethyl adjacent to an activating group) is 1. The Morgan fingerprint density at radius 3 is 2.84 bits per heavy atom. The second-order valence-corrected chi connectivity index (χ2v) is 6.60. The van der Waals surface area contributed by atoms with Crippen molar-refractivity contribution >= 4 is 5.97 Å². The van der Waals surface area contributed by atoms with Crippen molar-refractivity contribution in [2.75, 3.05) is 13.1 Å². The molecule has 0 radical (unpaired) electrons. The number of aromatic nitrogens is 3. The van der Waals surface area contributed by atoms with Crippen molar-refractivity contribution in [2.24, 2.45) is 0 Å². The molecule has 2 N–H and O–H groups in total. The van der Waals surface area contributed by atoms with Gasteiger partial charge in [0.15, 0.2) is 0 Å². The van der Waals surface area contributed by atoms with Crippen LogP contribution in [-0.2, 0) is 11.3 Å². The monoisotopic (exact) mass is 343 g/mol. The number of para-hydroxylation sites is 1. The molecule has 7 nitrogen and oxygen atoms in total. The molecule has 134 valence electrons. The fraction of sp³-hybridized carbons (Fsp3) is 0.500. The molecule has 25 heavy (non-hydrogen) atoms. The zero-order valence-corrected chi connectivity index (χ0v) is 14.7. The maximum absolute atomic E-state index is 10.9. The Kier molecular flexibility index (Phi) is 5.45. The number of aliphatic carboxylic acids is 1. The minimum atomic E-state index is -0.758. The molecular weight excluding hydrogens is 318 g/mol. The molecule has 0 bridgehead atoms. The molecule has 1 aromatic heterocycles. The van der Waals surface area contributed by atoms with Crippen LogP contribution in [-0.4, -0.2) is 56.1 Å². The fourth-order valence-corrected chi connectivity index (χ4v) is 3.29. The van der Waals surface area contributed by atoms with E-state index in [1.54, 1.807) is 0 Å². The molecule has 2 aromatic rings. The van der Waals surface area contributed by atoms with E-state index in [1.165, 1.54) is 0 Å². The molecule has 3 rings (SSSR count). The van der Waals surface area contributed by atoms with E-state index in [1.807, 2.05) is 40.9 Å². The molecule has 0 saturated heterocycles. The Bertz CT molecular complexity index is 724. The number of nitrogens with one attached hydrogen (secondary N) is 1. The van der Waals surface area contributed by atoms with Crippen LogP contribution in [0.25, 0.3) is 5.69 Å². The lowest BCUT2D eigenvalue weighted by molar-refractivity contribution is -0.139. The van der Waals surface area contributed by atoms with E-state index in [0.717, 1.165) is 36.3 Å². The van der Waals surface area contributed by atoms with Crippen LogP contribution in [0.1, 0.15) is 31.0 Å². The molecule has 1 saturated carbocycles. The number of hydrogen-bond acceptors (Lipinski definition) is 5. The summed E-state index contributed by atoms with van der Waals surface area (Å²) >= 11 is 0. The molecule has 1 aliphatic rings. The average Bonchev–Trinajstić information content (AvgIpc) is 3.01. The van der Waals surface area contributed by atoms with Crippen molar-refractivity contribution in [3.8, 4) is 5.69 Å². The SMILES string of the molecule is CCN(CC(=O)O)C1CC(NCc2cn(-c3ccccc3C)nn2)C1. The van der Waals surface area contributed by atoms with Gasteiger partial charge in [0, 0.05) is 18.6 Å². The predicted octanol–water partition coefficient (Wildman–Crippen LogP) is 1.60. The summed E-state index contributed by atoms with van der Waals surface area (Å²) in [6, 6.07) is 8.86. The standard InChI is InChI=1S/C18H25N5O2/c1-3-22(12-18(24)25)16-8-14(9-16)19-10-15-11-23(21-20-15)17-7-5-4-6-13(17)2/h4-7,11,14,16,19H,3,8-10,12H2,1-2H3,(H,24,25). The van der Waals surface area contributed by atoms with Gasteiger partial charge >= 0.3 is 5.97 Å². The molecule has 1 aromatic carbocycles. The number of benzene rings is 1. The Hall–Kier alpha value is -2.25. The molecule has 1 heterocycles. The highest BCUT2D eigenvalue weighted by atomic mass is 16.4. The summed E-state index contributed by atoms with van der Waals surface area (Å²) in [4.78, 5) is 12.9. The number of hydrogen-bond donors (Lipinski definition) is 2. The zero-order chi connectivity index (χ0) is 17.8. The van der Waals surface area contributed by atoms with Gasteiger partial charge in [-0.15, -0.1) is 5.10 Å². The number of aryl methyl sites for hydroxylation is 1. The van der Waals surface area contributed by atoms with Crippen LogP contribution in [0.4, 0.5) is 0 Å². The van der Waals surface area contributed by atoms with E-state index >= 15 is 0 Å². The molecular formula is C18H25N5O2. The largest absolute Gasteiger partial charge is 0.480 e. The summed E-state index contributed by atoms with van der Waals surface area (Å²) in [7, 11) is 0. The minimum Gasteiger partial charge on any atom is -0.480 e. The Morgan fingerprint density at radius 2 is 2.16 bits per heavy atom. The highest BCUT2D eigenvalue weighted by molar-refractivity contribution is 5.69. The van der Waals surface area contributed by atoms with E-state index in [-0.39, 0.29) is 6.54 Å². The summed E-state index contributed by atoms with van der Waals surface area (Å²) in [5, 5.41) is 20.9. The van der Waals surface area contributed by atoms with Crippen molar-refractivity contribution in [1.82, 2.24) is 25.2 Å². The van der Waals surface area contributed by atoms with Crippen LogP contribution in [0.2, 0.25) is 0 Å². The quantitative estimate of drug-likeness (QED) is 0.758. The Labute approximate surface area is 147 Å². The van der Waals surface area contributed by atoms with Crippen LogP contribution in [0, 0.1) is 6.92 Å².